The number of amides is 2. The van der Waals surface area contributed by atoms with E-state index >= 15 is 0 Å². The number of aromatic nitrogens is 4. The van der Waals surface area contributed by atoms with E-state index in [9.17, 15) is 4.79 Å². The van der Waals surface area contributed by atoms with E-state index in [1.165, 1.54) is 6.42 Å². The number of rotatable bonds is 1. The number of nitrogens with zero attached hydrogens (tertiary/aromatic N) is 6. The summed E-state index contributed by atoms with van der Waals surface area (Å²) in [7, 11) is 0. The number of likely N-dealkylation sites (tertiary alicyclic amines) is 1. The van der Waals surface area contributed by atoms with Gasteiger partial charge in [0.15, 0.2) is 11.6 Å². The van der Waals surface area contributed by atoms with E-state index in [0.29, 0.717) is 19.6 Å². The quantitative estimate of drug-likeness (QED) is 0.750. The molecule has 7 nitrogen and oxygen atoms in total. The van der Waals surface area contributed by atoms with Gasteiger partial charge in [0.1, 0.15) is 0 Å². The lowest BCUT2D eigenvalue weighted by Crippen LogP contribution is -2.48. The highest BCUT2D eigenvalue weighted by Gasteiger charge is 2.28. The normalized spacial score (nSPS) is 17.7. The minimum absolute atomic E-state index is 0.134. The van der Waals surface area contributed by atoms with Crippen LogP contribution < -0.4 is 0 Å². The van der Waals surface area contributed by atoms with Gasteiger partial charge in [-0.3, -0.25) is 4.98 Å². The summed E-state index contributed by atoms with van der Waals surface area (Å²) in [6, 6.07) is 2.12. The third-order valence-electron chi connectivity index (χ3n) is 4.61. The molecular formula is C16H19BrN6O. The zero-order valence-corrected chi connectivity index (χ0v) is 14.9. The average Bonchev–Trinajstić information content (AvgIpc) is 3.05. The number of fused-ring (bicyclic) bond motifs is 1. The first-order valence-corrected chi connectivity index (χ1v) is 9.08. The standard InChI is InChI=1S/C16H19BrN6O/c17-13-8-12(9-18-10-13)15-20-19-14-11-22(6-7-23(14)15)16(24)21-4-2-1-3-5-21/h8-10H,1-7,11H2. The van der Waals surface area contributed by atoms with Crippen molar-refractivity contribution in [3.05, 3.63) is 28.8 Å². The molecule has 2 aromatic rings. The van der Waals surface area contributed by atoms with Crippen LogP contribution in [0.3, 0.4) is 0 Å². The highest BCUT2D eigenvalue weighted by atomic mass is 79.9. The van der Waals surface area contributed by atoms with Crippen LogP contribution in [0.5, 0.6) is 0 Å². The highest BCUT2D eigenvalue weighted by molar-refractivity contribution is 9.10. The summed E-state index contributed by atoms with van der Waals surface area (Å²) >= 11 is 3.44. The second-order valence-electron chi connectivity index (χ2n) is 6.24. The summed E-state index contributed by atoms with van der Waals surface area (Å²) in [5.74, 6) is 1.64. The van der Waals surface area contributed by atoms with Crippen LogP contribution in [0.15, 0.2) is 22.9 Å². The molecule has 2 amide bonds. The average molecular weight is 391 g/mol. The number of hydrogen-bond donors (Lipinski definition) is 0. The number of halogens is 1. The second-order valence-corrected chi connectivity index (χ2v) is 7.15. The number of piperidine rings is 1. The Morgan fingerprint density at radius 1 is 1.00 bits per heavy atom. The maximum absolute atomic E-state index is 12.7. The first-order valence-electron chi connectivity index (χ1n) is 8.29. The molecule has 24 heavy (non-hydrogen) atoms. The van der Waals surface area contributed by atoms with Gasteiger partial charge in [-0.1, -0.05) is 0 Å². The van der Waals surface area contributed by atoms with E-state index in [4.69, 9.17) is 0 Å². The van der Waals surface area contributed by atoms with Gasteiger partial charge in [0.25, 0.3) is 0 Å². The molecule has 0 N–H and O–H groups in total. The summed E-state index contributed by atoms with van der Waals surface area (Å²) in [5, 5.41) is 8.61. The van der Waals surface area contributed by atoms with E-state index in [1.54, 1.807) is 12.4 Å². The van der Waals surface area contributed by atoms with Crippen LogP contribution in [0.25, 0.3) is 11.4 Å². The van der Waals surface area contributed by atoms with Crippen LogP contribution >= 0.6 is 15.9 Å². The smallest absolute Gasteiger partial charge is 0.320 e. The fourth-order valence-electron chi connectivity index (χ4n) is 3.35. The minimum Gasteiger partial charge on any atom is -0.325 e. The molecule has 0 radical (unpaired) electrons. The van der Waals surface area contributed by atoms with Crippen LogP contribution in [0.1, 0.15) is 25.1 Å². The molecule has 1 saturated heterocycles. The fourth-order valence-corrected chi connectivity index (χ4v) is 3.72. The molecule has 1 fully saturated rings. The van der Waals surface area contributed by atoms with Crippen molar-refractivity contribution in [1.29, 1.82) is 0 Å². The predicted molar refractivity (Wildman–Crippen MR) is 92.2 cm³/mol. The molecule has 0 aliphatic carbocycles. The van der Waals surface area contributed by atoms with E-state index in [-0.39, 0.29) is 6.03 Å². The summed E-state index contributed by atoms with van der Waals surface area (Å²) in [4.78, 5) is 20.7. The lowest BCUT2D eigenvalue weighted by molar-refractivity contribution is 0.131. The number of urea groups is 1. The molecule has 4 rings (SSSR count). The molecule has 0 saturated carbocycles. The predicted octanol–water partition coefficient (Wildman–Crippen LogP) is 2.52. The van der Waals surface area contributed by atoms with Crippen molar-refractivity contribution >= 4 is 22.0 Å². The van der Waals surface area contributed by atoms with Gasteiger partial charge >= 0.3 is 6.03 Å². The SMILES string of the molecule is O=C(N1CCCCC1)N1CCn2c(nnc2-c2cncc(Br)c2)C1. The molecule has 0 bridgehead atoms. The number of pyridine rings is 1. The third kappa shape index (κ3) is 2.90. The Morgan fingerprint density at radius 2 is 1.83 bits per heavy atom. The molecule has 2 aliphatic heterocycles. The Kier molecular flexibility index (Phi) is 4.22. The molecule has 126 valence electrons. The summed E-state index contributed by atoms with van der Waals surface area (Å²) < 4.78 is 3.00. The number of carbonyl (C=O) groups excluding carboxylic acids is 1. The van der Waals surface area contributed by atoms with Gasteiger partial charge in [0, 0.05) is 48.6 Å². The number of hydrogen-bond acceptors (Lipinski definition) is 4. The topological polar surface area (TPSA) is 67.2 Å². The summed E-state index contributed by atoms with van der Waals surface area (Å²) in [5.41, 5.74) is 0.930. The van der Waals surface area contributed by atoms with E-state index in [0.717, 1.165) is 47.6 Å². The van der Waals surface area contributed by atoms with E-state index < -0.39 is 0 Å². The Balaban J connectivity index is 1.53. The van der Waals surface area contributed by atoms with Gasteiger partial charge in [0.2, 0.25) is 0 Å². The van der Waals surface area contributed by atoms with Gasteiger partial charge in [0.05, 0.1) is 6.54 Å². The Bertz CT molecular complexity index is 755. The first-order chi connectivity index (χ1) is 11.7. The Morgan fingerprint density at radius 3 is 2.62 bits per heavy atom. The maximum atomic E-state index is 12.7. The van der Waals surface area contributed by atoms with Crippen molar-refractivity contribution in [2.75, 3.05) is 19.6 Å². The molecule has 0 spiro atoms. The molecule has 0 aromatic carbocycles. The maximum Gasteiger partial charge on any atom is 0.320 e. The van der Waals surface area contributed by atoms with Gasteiger partial charge in [-0.05, 0) is 41.3 Å². The highest BCUT2D eigenvalue weighted by Crippen LogP contribution is 2.24. The summed E-state index contributed by atoms with van der Waals surface area (Å²) in [6.07, 6.45) is 6.97. The second kappa shape index (κ2) is 6.51. The van der Waals surface area contributed by atoms with Gasteiger partial charge in [-0.15, -0.1) is 10.2 Å². The monoisotopic (exact) mass is 390 g/mol. The van der Waals surface area contributed by atoms with Gasteiger partial charge < -0.3 is 14.4 Å². The molecule has 0 atom stereocenters. The van der Waals surface area contributed by atoms with Crippen molar-refractivity contribution in [2.45, 2.75) is 32.4 Å². The van der Waals surface area contributed by atoms with E-state index in [2.05, 4.69) is 35.7 Å². The van der Waals surface area contributed by atoms with Crippen LogP contribution in [0, 0.1) is 0 Å². The van der Waals surface area contributed by atoms with Crippen LogP contribution in [-0.2, 0) is 13.1 Å². The van der Waals surface area contributed by atoms with Crippen molar-refractivity contribution < 1.29 is 4.79 Å². The van der Waals surface area contributed by atoms with Crippen LogP contribution in [-0.4, -0.2) is 55.2 Å². The van der Waals surface area contributed by atoms with Crippen molar-refractivity contribution in [3.63, 3.8) is 0 Å². The Labute approximate surface area is 148 Å². The lowest BCUT2D eigenvalue weighted by Gasteiger charge is -2.35. The van der Waals surface area contributed by atoms with Gasteiger partial charge in [-0.25, -0.2) is 4.79 Å². The van der Waals surface area contributed by atoms with Crippen LogP contribution in [0.2, 0.25) is 0 Å². The molecule has 2 aliphatic rings. The lowest BCUT2D eigenvalue weighted by atomic mass is 10.1. The molecule has 4 heterocycles. The number of carbonyl (C=O) groups is 1. The first kappa shape index (κ1) is 15.6. The molecular weight excluding hydrogens is 372 g/mol. The van der Waals surface area contributed by atoms with Crippen molar-refractivity contribution in [2.24, 2.45) is 0 Å². The molecule has 0 unspecified atom stereocenters. The minimum atomic E-state index is 0.134. The molecule has 2 aromatic heterocycles. The zero-order valence-electron chi connectivity index (χ0n) is 13.4. The Hall–Kier alpha value is -1.96. The zero-order chi connectivity index (χ0) is 16.5. The van der Waals surface area contributed by atoms with Gasteiger partial charge in [-0.2, -0.15) is 0 Å². The summed E-state index contributed by atoms with van der Waals surface area (Å²) in [6.45, 7) is 3.66. The van der Waals surface area contributed by atoms with E-state index in [1.807, 2.05) is 15.9 Å². The molecule has 8 heteroatoms. The third-order valence-corrected chi connectivity index (χ3v) is 5.05. The van der Waals surface area contributed by atoms with Crippen LogP contribution in [0.4, 0.5) is 4.79 Å². The van der Waals surface area contributed by atoms with Crippen molar-refractivity contribution in [1.82, 2.24) is 29.5 Å². The van der Waals surface area contributed by atoms with Crippen molar-refractivity contribution in [3.8, 4) is 11.4 Å². The largest absolute Gasteiger partial charge is 0.325 e. The fraction of sp³-hybridized carbons (Fsp3) is 0.500.